The second-order valence-electron chi connectivity index (χ2n) is 16.5. The van der Waals surface area contributed by atoms with E-state index in [9.17, 15) is 19.2 Å². The average Bonchev–Trinajstić information content (AvgIpc) is 4.06. The molecule has 4 aromatic heterocycles. The van der Waals surface area contributed by atoms with Crippen LogP contribution in [-0.4, -0.2) is 94.4 Å². The summed E-state index contributed by atoms with van der Waals surface area (Å²) >= 11 is 0. The van der Waals surface area contributed by atoms with Crippen LogP contribution in [0.2, 0.25) is 0 Å². The van der Waals surface area contributed by atoms with E-state index in [4.69, 9.17) is 5.10 Å². The summed E-state index contributed by atoms with van der Waals surface area (Å²) in [5.74, 6) is -0.511. The Morgan fingerprint density at radius 1 is 0.915 bits per heavy atom. The van der Waals surface area contributed by atoms with E-state index in [0.29, 0.717) is 47.9 Å². The summed E-state index contributed by atoms with van der Waals surface area (Å²) in [6.07, 6.45) is 16.2. The minimum Gasteiger partial charge on any atom is -0.371 e. The van der Waals surface area contributed by atoms with E-state index in [-0.39, 0.29) is 35.7 Å². The number of fused-ring (bicyclic) bond motifs is 3. The number of benzene rings is 2. The van der Waals surface area contributed by atoms with Crippen LogP contribution >= 0.6 is 0 Å². The normalized spacial score (nSPS) is 21.4. The predicted molar refractivity (Wildman–Crippen MR) is 220 cm³/mol. The molecule has 1 unspecified atom stereocenters. The van der Waals surface area contributed by atoms with Gasteiger partial charge in [0, 0.05) is 97.4 Å². The molecule has 0 radical (unpaired) electrons. The number of anilines is 2. The zero-order valence-electron chi connectivity index (χ0n) is 32.9. The van der Waals surface area contributed by atoms with Gasteiger partial charge in [-0.15, -0.1) is 0 Å². The van der Waals surface area contributed by atoms with Crippen molar-refractivity contribution in [2.45, 2.75) is 76.0 Å². The van der Waals surface area contributed by atoms with Gasteiger partial charge in [-0.25, -0.2) is 9.50 Å². The molecule has 4 amide bonds. The molecule has 302 valence electrons. The molecule has 6 aromatic rings. The molecule has 16 heteroatoms. The Morgan fingerprint density at radius 3 is 2.56 bits per heavy atom. The summed E-state index contributed by atoms with van der Waals surface area (Å²) in [4.78, 5) is 59.1. The third kappa shape index (κ3) is 7.21. The van der Waals surface area contributed by atoms with Gasteiger partial charge in [-0.05, 0) is 99.4 Å². The van der Waals surface area contributed by atoms with E-state index in [2.05, 4.69) is 53.0 Å². The number of hydrogen-bond donors (Lipinski definition) is 3. The molecule has 2 aromatic carbocycles. The first kappa shape index (κ1) is 36.9. The van der Waals surface area contributed by atoms with Crippen molar-refractivity contribution in [1.29, 1.82) is 0 Å². The molecule has 1 aliphatic carbocycles. The summed E-state index contributed by atoms with van der Waals surface area (Å²) in [5, 5.41) is 24.2. The van der Waals surface area contributed by atoms with Crippen LogP contribution in [0.1, 0.15) is 83.8 Å². The Balaban J connectivity index is 0.734. The second-order valence-corrected chi connectivity index (χ2v) is 16.5. The molecule has 0 spiro atoms. The Bertz CT molecular complexity index is 2610. The van der Waals surface area contributed by atoms with E-state index in [1.807, 2.05) is 37.5 Å². The van der Waals surface area contributed by atoms with E-state index >= 15 is 0 Å². The Morgan fingerprint density at radius 2 is 1.76 bits per heavy atom. The highest BCUT2D eigenvalue weighted by Gasteiger charge is 2.39. The highest BCUT2D eigenvalue weighted by molar-refractivity contribution is 6.07. The fourth-order valence-corrected chi connectivity index (χ4v) is 9.32. The number of amides is 4. The lowest BCUT2D eigenvalue weighted by molar-refractivity contribution is -0.136. The van der Waals surface area contributed by atoms with E-state index in [1.54, 1.807) is 44.8 Å². The molecule has 3 fully saturated rings. The molecular weight excluding hydrogens is 749 g/mol. The van der Waals surface area contributed by atoms with Crippen molar-refractivity contribution in [3.8, 4) is 11.1 Å². The van der Waals surface area contributed by atoms with Gasteiger partial charge in [0.15, 0.2) is 5.65 Å². The standard InChI is InChI=1S/C43H46N12O4/c1-51-23-29(22-46-51)33-20-36-28(18-37(33)47-41(57)35-8-10-39-44-14-17-54(39)49-35)25-55(50-36)31-6-3-30(4-7-31)45-21-26-12-15-52(16-13-26)32-5-2-27-24-53(43(59)34(27)19-32)38-9-11-40(56)48-42(38)58/h2,5,8,10,14,17-20,22-23,25-26,30-31,38,45H,3-4,6-7,9,11-13,15-16,21,24H2,1H3,(H,47,57)(H,48,56,58). The van der Waals surface area contributed by atoms with Gasteiger partial charge in [0.25, 0.3) is 11.8 Å². The molecule has 10 rings (SSSR count). The molecule has 4 aliphatic rings. The monoisotopic (exact) mass is 794 g/mol. The third-order valence-electron chi connectivity index (χ3n) is 12.7. The third-order valence-corrected chi connectivity index (χ3v) is 12.7. The van der Waals surface area contributed by atoms with Crippen molar-refractivity contribution in [3.63, 3.8) is 0 Å². The lowest BCUT2D eigenvalue weighted by Crippen LogP contribution is -2.52. The van der Waals surface area contributed by atoms with Crippen LogP contribution in [0.4, 0.5) is 11.4 Å². The highest BCUT2D eigenvalue weighted by Crippen LogP contribution is 2.36. The number of nitrogens with one attached hydrogen (secondary N) is 3. The number of piperidine rings is 2. The fraction of sp³-hybridized carbons (Fsp3) is 0.395. The van der Waals surface area contributed by atoms with Gasteiger partial charge in [0.05, 0.1) is 17.8 Å². The zero-order chi connectivity index (χ0) is 40.2. The van der Waals surface area contributed by atoms with Crippen molar-refractivity contribution in [1.82, 2.24) is 49.7 Å². The van der Waals surface area contributed by atoms with Crippen molar-refractivity contribution in [2.75, 3.05) is 29.9 Å². The van der Waals surface area contributed by atoms with Crippen LogP contribution in [0.25, 0.3) is 27.7 Å². The molecule has 3 aliphatic heterocycles. The van der Waals surface area contributed by atoms with E-state index < -0.39 is 6.04 Å². The Kier molecular flexibility index (Phi) is 9.42. The molecule has 7 heterocycles. The summed E-state index contributed by atoms with van der Waals surface area (Å²) in [5.41, 5.74) is 6.86. The molecule has 0 bridgehead atoms. The van der Waals surface area contributed by atoms with Gasteiger partial charge in [0.1, 0.15) is 11.7 Å². The SMILES string of the molecule is Cn1cc(-c2cc3nn(C4CCC(NCC5CCN(c6ccc7c(c6)C(=O)N(C6CCC(=O)NC6=O)C7)CC5)CC4)cc3cc2NC(=O)c2ccc3nccn3n2)cn1. The number of carbonyl (C=O) groups excluding carboxylic acids is 4. The van der Waals surface area contributed by atoms with Crippen LogP contribution in [-0.2, 0) is 23.2 Å². The topological polar surface area (TPSA) is 177 Å². The Hall–Kier alpha value is -6.42. The quantitative estimate of drug-likeness (QED) is 0.177. The number of aromatic nitrogens is 7. The molecule has 3 N–H and O–H groups in total. The lowest BCUT2D eigenvalue weighted by atomic mass is 9.90. The summed E-state index contributed by atoms with van der Waals surface area (Å²) < 4.78 is 5.45. The number of imide groups is 1. The van der Waals surface area contributed by atoms with Crippen LogP contribution in [0.3, 0.4) is 0 Å². The molecule has 16 nitrogen and oxygen atoms in total. The van der Waals surface area contributed by atoms with Crippen LogP contribution < -0.4 is 20.9 Å². The van der Waals surface area contributed by atoms with Crippen LogP contribution in [0.5, 0.6) is 0 Å². The Labute approximate surface area is 339 Å². The molecule has 1 saturated carbocycles. The van der Waals surface area contributed by atoms with Gasteiger partial charge in [-0.2, -0.15) is 15.3 Å². The molecule has 59 heavy (non-hydrogen) atoms. The number of imidazole rings is 1. The van der Waals surface area contributed by atoms with Crippen LogP contribution in [0, 0.1) is 5.92 Å². The lowest BCUT2D eigenvalue weighted by Gasteiger charge is -2.35. The van der Waals surface area contributed by atoms with E-state index in [0.717, 1.165) is 91.4 Å². The molecule has 1 atom stereocenters. The van der Waals surface area contributed by atoms with Gasteiger partial charge in [0.2, 0.25) is 11.8 Å². The number of nitrogens with zero attached hydrogens (tertiary/aromatic N) is 9. The maximum atomic E-state index is 13.4. The highest BCUT2D eigenvalue weighted by atomic mass is 16.2. The predicted octanol–water partition coefficient (Wildman–Crippen LogP) is 4.48. The van der Waals surface area contributed by atoms with Crippen molar-refractivity contribution < 1.29 is 19.2 Å². The summed E-state index contributed by atoms with van der Waals surface area (Å²) in [6.45, 7) is 3.26. The first-order valence-corrected chi connectivity index (χ1v) is 20.6. The zero-order valence-corrected chi connectivity index (χ0v) is 32.9. The maximum Gasteiger partial charge on any atom is 0.276 e. The van der Waals surface area contributed by atoms with E-state index in [1.165, 1.54) is 0 Å². The second kappa shape index (κ2) is 15.1. The van der Waals surface area contributed by atoms with Gasteiger partial charge < -0.3 is 20.4 Å². The molecule has 2 saturated heterocycles. The first-order valence-electron chi connectivity index (χ1n) is 20.6. The minimum absolute atomic E-state index is 0.130. The van der Waals surface area contributed by atoms with Crippen molar-refractivity contribution in [2.24, 2.45) is 13.0 Å². The maximum absolute atomic E-state index is 13.4. The van der Waals surface area contributed by atoms with Gasteiger partial charge in [-0.3, -0.25) is 33.9 Å². The number of aryl methyl sites for hydroxylation is 1. The van der Waals surface area contributed by atoms with Crippen LogP contribution in [0.15, 0.2) is 73.4 Å². The summed E-state index contributed by atoms with van der Waals surface area (Å²) in [7, 11) is 1.87. The minimum atomic E-state index is -0.600. The van der Waals surface area contributed by atoms with Gasteiger partial charge in [-0.1, -0.05) is 6.07 Å². The number of carbonyl (C=O) groups is 4. The van der Waals surface area contributed by atoms with Gasteiger partial charge >= 0.3 is 0 Å². The molecular formula is C43H46N12O4. The summed E-state index contributed by atoms with van der Waals surface area (Å²) in [6, 6.07) is 13.7. The van der Waals surface area contributed by atoms with Crippen molar-refractivity contribution >= 4 is 51.6 Å². The van der Waals surface area contributed by atoms with Crippen molar-refractivity contribution in [3.05, 3.63) is 90.3 Å². The first-order chi connectivity index (χ1) is 28.7. The smallest absolute Gasteiger partial charge is 0.276 e. The average molecular weight is 795 g/mol. The fourth-order valence-electron chi connectivity index (χ4n) is 9.32. The number of rotatable bonds is 9. The number of hydrogen-bond acceptors (Lipinski definition) is 10. The largest absolute Gasteiger partial charge is 0.371 e.